The monoisotopic (exact) mass is 263 g/mol. The molecule has 3 rings (SSSR count). The lowest BCUT2D eigenvalue weighted by Gasteiger charge is -2.21. The van der Waals surface area contributed by atoms with E-state index in [-0.39, 0.29) is 6.04 Å². The van der Waals surface area contributed by atoms with Gasteiger partial charge in [-0.05, 0) is 42.7 Å². The maximum Gasteiger partial charge on any atom is 0.101 e. The van der Waals surface area contributed by atoms with Gasteiger partial charge in [-0.2, -0.15) is 5.26 Å². The lowest BCUT2D eigenvalue weighted by atomic mass is 10.0. The van der Waals surface area contributed by atoms with Crippen molar-refractivity contribution >= 4 is 11.4 Å². The molecule has 1 aliphatic rings. The van der Waals surface area contributed by atoms with Gasteiger partial charge in [-0.15, -0.1) is 0 Å². The van der Waals surface area contributed by atoms with E-state index >= 15 is 0 Å². The maximum atomic E-state index is 9.25. The molecule has 0 bridgehead atoms. The molecule has 0 saturated carbocycles. The first-order valence-electron chi connectivity index (χ1n) is 6.86. The zero-order valence-electron chi connectivity index (χ0n) is 11.5. The molecule has 0 saturated heterocycles. The number of nitrogens with zero attached hydrogens (tertiary/aromatic N) is 2. The molecule has 1 heterocycles. The smallest absolute Gasteiger partial charge is 0.101 e. The average Bonchev–Trinajstić information content (AvgIpc) is 2.89. The van der Waals surface area contributed by atoms with Crippen LogP contribution in [0.1, 0.15) is 29.7 Å². The van der Waals surface area contributed by atoms with Crippen LogP contribution in [-0.4, -0.2) is 6.54 Å². The average molecular weight is 263 g/mol. The van der Waals surface area contributed by atoms with Crippen molar-refractivity contribution in [2.45, 2.75) is 19.4 Å². The van der Waals surface area contributed by atoms with Gasteiger partial charge in [-0.1, -0.05) is 24.3 Å². The predicted octanol–water partition coefficient (Wildman–Crippen LogP) is 3.27. The van der Waals surface area contributed by atoms with E-state index in [0.717, 1.165) is 24.2 Å². The van der Waals surface area contributed by atoms with Crippen LogP contribution in [0, 0.1) is 11.3 Å². The van der Waals surface area contributed by atoms with Crippen LogP contribution in [-0.2, 0) is 6.42 Å². The lowest BCUT2D eigenvalue weighted by Crippen LogP contribution is -2.14. The van der Waals surface area contributed by atoms with E-state index in [4.69, 9.17) is 5.73 Å². The lowest BCUT2D eigenvalue weighted by molar-refractivity contribution is 0.816. The van der Waals surface area contributed by atoms with Crippen LogP contribution in [0.5, 0.6) is 0 Å². The van der Waals surface area contributed by atoms with Crippen LogP contribution in [0.15, 0.2) is 42.5 Å². The summed E-state index contributed by atoms with van der Waals surface area (Å²) in [5.74, 6) is 0. The number of hydrogen-bond donors (Lipinski definition) is 1. The van der Waals surface area contributed by atoms with Crippen molar-refractivity contribution in [3.05, 3.63) is 59.2 Å². The Balaban J connectivity index is 2.04. The SMILES string of the molecule is C[C@@H](N)c1ccc2c(c1)CCN2c1ccccc1C#N. The third-order valence-electron chi connectivity index (χ3n) is 3.84. The number of nitrogens with two attached hydrogens (primary N) is 1. The molecule has 2 N–H and O–H groups in total. The minimum Gasteiger partial charge on any atom is -0.340 e. The Morgan fingerprint density at radius 1 is 1.20 bits per heavy atom. The molecule has 3 nitrogen and oxygen atoms in total. The van der Waals surface area contributed by atoms with E-state index in [0.29, 0.717) is 0 Å². The number of fused-ring (bicyclic) bond motifs is 1. The quantitative estimate of drug-likeness (QED) is 0.904. The van der Waals surface area contributed by atoms with Gasteiger partial charge >= 0.3 is 0 Å². The molecule has 0 fully saturated rings. The first-order chi connectivity index (χ1) is 9.70. The summed E-state index contributed by atoms with van der Waals surface area (Å²) >= 11 is 0. The van der Waals surface area contributed by atoms with E-state index in [1.807, 2.05) is 31.2 Å². The number of anilines is 2. The number of hydrogen-bond acceptors (Lipinski definition) is 3. The number of nitriles is 1. The van der Waals surface area contributed by atoms with Gasteiger partial charge < -0.3 is 10.6 Å². The zero-order valence-corrected chi connectivity index (χ0v) is 11.5. The fraction of sp³-hybridized carbons (Fsp3) is 0.235. The second-order valence-corrected chi connectivity index (χ2v) is 5.21. The van der Waals surface area contributed by atoms with Gasteiger partial charge in [-0.25, -0.2) is 0 Å². The van der Waals surface area contributed by atoms with Crippen LogP contribution in [0.3, 0.4) is 0 Å². The Kier molecular flexibility index (Phi) is 3.17. The first-order valence-corrected chi connectivity index (χ1v) is 6.86. The maximum absolute atomic E-state index is 9.25. The number of rotatable bonds is 2. The molecule has 1 aliphatic heterocycles. The summed E-state index contributed by atoms with van der Waals surface area (Å²) in [6.45, 7) is 2.91. The van der Waals surface area contributed by atoms with Crippen LogP contribution in [0.25, 0.3) is 0 Å². The van der Waals surface area contributed by atoms with Crippen LogP contribution in [0.2, 0.25) is 0 Å². The minimum absolute atomic E-state index is 0.0562. The van der Waals surface area contributed by atoms with Gasteiger partial charge in [0, 0.05) is 18.3 Å². The summed E-state index contributed by atoms with van der Waals surface area (Å²) in [7, 11) is 0. The molecule has 1 atom stereocenters. The summed E-state index contributed by atoms with van der Waals surface area (Å²) < 4.78 is 0. The van der Waals surface area contributed by atoms with Crippen molar-refractivity contribution in [3.8, 4) is 6.07 Å². The van der Waals surface area contributed by atoms with Crippen LogP contribution < -0.4 is 10.6 Å². The highest BCUT2D eigenvalue weighted by atomic mass is 15.2. The molecule has 2 aromatic rings. The highest BCUT2D eigenvalue weighted by Gasteiger charge is 2.22. The van der Waals surface area contributed by atoms with Crippen molar-refractivity contribution < 1.29 is 0 Å². The highest BCUT2D eigenvalue weighted by molar-refractivity contribution is 5.74. The molecule has 20 heavy (non-hydrogen) atoms. The zero-order chi connectivity index (χ0) is 14.1. The Labute approximate surface area is 119 Å². The van der Waals surface area contributed by atoms with Crippen molar-refractivity contribution in [3.63, 3.8) is 0 Å². The molecular formula is C17H17N3. The normalized spacial score (nSPS) is 14.8. The molecule has 0 aliphatic carbocycles. The molecule has 0 radical (unpaired) electrons. The second-order valence-electron chi connectivity index (χ2n) is 5.21. The Hall–Kier alpha value is -2.31. The predicted molar refractivity (Wildman–Crippen MR) is 80.9 cm³/mol. The second kappa shape index (κ2) is 4.99. The molecule has 3 heteroatoms. The van der Waals surface area contributed by atoms with E-state index in [1.54, 1.807) is 0 Å². The van der Waals surface area contributed by atoms with Gasteiger partial charge in [0.05, 0.1) is 11.3 Å². The fourth-order valence-corrected chi connectivity index (χ4v) is 2.76. The molecule has 2 aromatic carbocycles. The van der Waals surface area contributed by atoms with Gasteiger partial charge in [-0.3, -0.25) is 0 Å². The van der Waals surface area contributed by atoms with Crippen LogP contribution in [0.4, 0.5) is 11.4 Å². The fourth-order valence-electron chi connectivity index (χ4n) is 2.76. The Bertz CT molecular complexity index is 683. The minimum atomic E-state index is 0.0562. The molecule has 0 spiro atoms. The van der Waals surface area contributed by atoms with E-state index in [2.05, 4.69) is 29.2 Å². The number of benzene rings is 2. The molecule has 0 unspecified atom stereocenters. The molecule has 0 amide bonds. The van der Waals surface area contributed by atoms with Gasteiger partial charge in [0.25, 0.3) is 0 Å². The van der Waals surface area contributed by atoms with E-state index in [9.17, 15) is 5.26 Å². The van der Waals surface area contributed by atoms with E-state index in [1.165, 1.54) is 16.8 Å². The van der Waals surface area contributed by atoms with Crippen molar-refractivity contribution in [2.75, 3.05) is 11.4 Å². The molecular weight excluding hydrogens is 246 g/mol. The van der Waals surface area contributed by atoms with Crippen LogP contribution >= 0.6 is 0 Å². The van der Waals surface area contributed by atoms with Gasteiger partial charge in [0.15, 0.2) is 0 Å². The molecule has 0 aromatic heterocycles. The van der Waals surface area contributed by atoms with Gasteiger partial charge in [0.2, 0.25) is 0 Å². The van der Waals surface area contributed by atoms with Crippen molar-refractivity contribution in [2.24, 2.45) is 5.73 Å². The summed E-state index contributed by atoms with van der Waals surface area (Å²) in [6.07, 6.45) is 0.996. The third kappa shape index (κ3) is 2.04. The summed E-state index contributed by atoms with van der Waals surface area (Å²) in [5.41, 5.74) is 11.3. The topological polar surface area (TPSA) is 53.0 Å². The van der Waals surface area contributed by atoms with E-state index < -0.39 is 0 Å². The van der Waals surface area contributed by atoms with Crippen molar-refractivity contribution in [1.29, 1.82) is 5.26 Å². The Morgan fingerprint density at radius 2 is 2.00 bits per heavy atom. The largest absolute Gasteiger partial charge is 0.340 e. The third-order valence-corrected chi connectivity index (χ3v) is 3.84. The molecule has 100 valence electrons. The number of para-hydroxylation sites is 1. The standard InChI is InChI=1S/C17H17N3/c1-12(19)13-6-7-17-14(10-13)8-9-20(17)16-5-3-2-4-15(16)11-18/h2-7,10,12H,8-9,19H2,1H3/t12-/m1/s1. The summed E-state index contributed by atoms with van der Waals surface area (Å²) in [6, 6.07) is 16.5. The summed E-state index contributed by atoms with van der Waals surface area (Å²) in [4.78, 5) is 2.22. The van der Waals surface area contributed by atoms with Gasteiger partial charge in [0.1, 0.15) is 6.07 Å². The first kappa shape index (κ1) is 12.7. The summed E-state index contributed by atoms with van der Waals surface area (Å²) in [5, 5.41) is 9.25. The highest BCUT2D eigenvalue weighted by Crippen LogP contribution is 2.37. The Morgan fingerprint density at radius 3 is 2.75 bits per heavy atom. The van der Waals surface area contributed by atoms with Crippen molar-refractivity contribution in [1.82, 2.24) is 0 Å².